The lowest BCUT2D eigenvalue weighted by atomic mass is 9.80. The Labute approximate surface area is 177 Å². The van der Waals surface area contributed by atoms with Crippen LogP contribution in [0.1, 0.15) is 20.3 Å². The third-order valence-electron chi connectivity index (χ3n) is 5.53. The molecule has 0 amide bonds. The molecule has 1 aliphatic heterocycles. The molecule has 3 fully saturated rings. The summed E-state index contributed by atoms with van der Waals surface area (Å²) >= 11 is 3.11. The first-order chi connectivity index (χ1) is 13.5. The van der Waals surface area contributed by atoms with Crippen LogP contribution in [0.4, 0.5) is 13.2 Å². The minimum absolute atomic E-state index is 0.191. The lowest BCUT2D eigenvalue weighted by Crippen LogP contribution is -2.47. The highest BCUT2D eigenvalue weighted by molar-refractivity contribution is 9.10. The van der Waals surface area contributed by atoms with Crippen LogP contribution in [-0.2, 0) is 38.7 Å². The first kappa shape index (κ1) is 23.3. The van der Waals surface area contributed by atoms with Gasteiger partial charge in [-0.1, -0.05) is 15.9 Å². The fraction of sp³-hybridized carbons (Fsp3) is 0.812. The van der Waals surface area contributed by atoms with Gasteiger partial charge in [0.15, 0.2) is 0 Å². The van der Waals surface area contributed by atoms with Crippen molar-refractivity contribution in [2.45, 2.75) is 49.1 Å². The summed E-state index contributed by atoms with van der Waals surface area (Å²) in [6, 6.07) is 0. The molecular weight excluding hydrogens is 505 g/mol. The van der Waals surface area contributed by atoms with Gasteiger partial charge >= 0.3 is 24.1 Å². The lowest BCUT2D eigenvalue weighted by molar-refractivity contribution is -0.220. The average molecular weight is 523 g/mol. The maximum absolute atomic E-state index is 13.1. The summed E-state index contributed by atoms with van der Waals surface area (Å²) in [5.41, 5.74) is 0. The third-order valence-corrected chi connectivity index (χ3v) is 6.58. The zero-order chi connectivity index (χ0) is 22.8. The molecule has 3 rings (SSSR count). The van der Waals surface area contributed by atoms with E-state index in [1.165, 1.54) is 13.8 Å². The minimum atomic E-state index is -5.26. The molecule has 7 unspecified atom stereocenters. The number of carbonyl (C=O) groups is 3. The molecule has 2 saturated carbocycles. The highest BCUT2D eigenvalue weighted by atomic mass is 79.9. The topological polar surface area (TPSA) is 133 Å². The van der Waals surface area contributed by atoms with Crippen LogP contribution in [0, 0.1) is 23.7 Å². The SMILES string of the molecule is CC(C)(Br)C(=O)OC1C2CC3C(OC(=O)C31)C2C(=O)OC(CS(=O)(=O)O)C(F)(F)F. The number of fused-ring (bicyclic) bond motifs is 1. The van der Waals surface area contributed by atoms with Crippen molar-refractivity contribution in [2.24, 2.45) is 23.7 Å². The molecule has 2 aliphatic carbocycles. The molecule has 3 aliphatic rings. The van der Waals surface area contributed by atoms with Crippen LogP contribution in [-0.4, -0.2) is 65.4 Å². The zero-order valence-electron chi connectivity index (χ0n) is 15.6. The molecule has 9 nitrogen and oxygen atoms in total. The highest BCUT2D eigenvalue weighted by Crippen LogP contribution is 2.59. The van der Waals surface area contributed by atoms with Crippen molar-refractivity contribution in [3.63, 3.8) is 0 Å². The molecule has 1 saturated heterocycles. The maximum atomic E-state index is 13.1. The van der Waals surface area contributed by atoms with Crippen molar-refractivity contribution in [3.8, 4) is 0 Å². The Morgan fingerprint density at radius 3 is 2.40 bits per heavy atom. The molecule has 0 spiro atoms. The predicted molar refractivity (Wildman–Crippen MR) is 93.7 cm³/mol. The Morgan fingerprint density at radius 2 is 1.90 bits per heavy atom. The van der Waals surface area contributed by atoms with Crippen LogP contribution in [0.5, 0.6) is 0 Å². The number of esters is 3. The Balaban J connectivity index is 1.83. The van der Waals surface area contributed by atoms with Crippen LogP contribution in [0.15, 0.2) is 0 Å². The predicted octanol–water partition coefficient (Wildman–Crippen LogP) is 1.24. The molecule has 7 atom stereocenters. The van der Waals surface area contributed by atoms with E-state index in [0.717, 1.165) is 0 Å². The molecule has 0 aromatic rings. The number of hydrogen-bond acceptors (Lipinski definition) is 8. The van der Waals surface area contributed by atoms with Gasteiger partial charge in [-0.2, -0.15) is 21.6 Å². The Bertz CT molecular complexity index is 866. The van der Waals surface area contributed by atoms with E-state index in [4.69, 9.17) is 14.0 Å². The fourth-order valence-electron chi connectivity index (χ4n) is 4.33. The Hall–Kier alpha value is -1.41. The Kier molecular flexibility index (Phi) is 5.68. The van der Waals surface area contributed by atoms with E-state index in [0.29, 0.717) is 0 Å². The van der Waals surface area contributed by atoms with Crippen molar-refractivity contribution in [2.75, 3.05) is 5.75 Å². The monoisotopic (exact) mass is 522 g/mol. The number of hydrogen-bond donors (Lipinski definition) is 1. The number of halogens is 4. The van der Waals surface area contributed by atoms with Gasteiger partial charge < -0.3 is 14.2 Å². The summed E-state index contributed by atoms with van der Waals surface area (Å²) in [4.78, 5) is 37.0. The van der Waals surface area contributed by atoms with Crippen molar-refractivity contribution in [3.05, 3.63) is 0 Å². The third kappa shape index (κ3) is 4.31. The summed E-state index contributed by atoms with van der Waals surface area (Å²) in [5, 5.41) is 0. The molecular formula is C16H18BrF3O9S. The van der Waals surface area contributed by atoms with Crippen LogP contribution in [0.2, 0.25) is 0 Å². The van der Waals surface area contributed by atoms with Crippen LogP contribution in [0.3, 0.4) is 0 Å². The zero-order valence-corrected chi connectivity index (χ0v) is 18.0. The van der Waals surface area contributed by atoms with E-state index in [1.807, 2.05) is 0 Å². The average Bonchev–Trinajstić information content (AvgIpc) is 3.13. The van der Waals surface area contributed by atoms with Gasteiger partial charge in [-0.15, -0.1) is 0 Å². The lowest BCUT2D eigenvalue weighted by Gasteiger charge is -2.32. The first-order valence-corrected chi connectivity index (χ1v) is 11.2. The van der Waals surface area contributed by atoms with Gasteiger partial charge in [0.25, 0.3) is 10.1 Å². The van der Waals surface area contributed by atoms with Gasteiger partial charge in [-0.05, 0) is 20.3 Å². The number of carbonyl (C=O) groups excluding carboxylic acids is 3. The molecule has 30 heavy (non-hydrogen) atoms. The van der Waals surface area contributed by atoms with Crippen LogP contribution >= 0.6 is 15.9 Å². The van der Waals surface area contributed by atoms with Crippen molar-refractivity contribution >= 4 is 44.0 Å². The van der Waals surface area contributed by atoms with Crippen LogP contribution in [0.25, 0.3) is 0 Å². The first-order valence-electron chi connectivity index (χ1n) is 8.83. The molecule has 1 N–H and O–H groups in total. The van der Waals surface area contributed by atoms with Gasteiger partial charge in [0.1, 0.15) is 34.1 Å². The smallest absolute Gasteiger partial charge is 0.426 e. The van der Waals surface area contributed by atoms with E-state index in [9.17, 15) is 36.0 Å². The van der Waals surface area contributed by atoms with E-state index in [2.05, 4.69) is 20.7 Å². The van der Waals surface area contributed by atoms with E-state index in [-0.39, 0.29) is 6.42 Å². The molecule has 0 aromatic carbocycles. The van der Waals surface area contributed by atoms with Gasteiger partial charge in [0.2, 0.25) is 6.10 Å². The minimum Gasteiger partial charge on any atom is -0.461 e. The molecule has 170 valence electrons. The summed E-state index contributed by atoms with van der Waals surface area (Å²) in [6.07, 6.45) is -10.3. The molecule has 0 aromatic heterocycles. The Morgan fingerprint density at radius 1 is 1.30 bits per heavy atom. The van der Waals surface area contributed by atoms with Gasteiger partial charge in [0.05, 0.1) is 0 Å². The molecule has 14 heteroatoms. The number of alkyl halides is 4. The quantitative estimate of drug-likeness (QED) is 0.236. The molecule has 2 bridgehead atoms. The second-order valence-electron chi connectivity index (χ2n) is 8.07. The second kappa shape index (κ2) is 7.33. The largest absolute Gasteiger partial charge is 0.461 e. The van der Waals surface area contributed by atoms with Gasteiger partial charge in [-0.3, -0.25) is 18.9 Å². The summed E-state index contributed by atoms with van der Waals surface area (Å²) in [6.45, 7) is 2.99. The molecule has 0 radical (unpaired) electrons. The summed E-state index contributed by atoms with van der Waals surface area (Å²) < 4.78 is 83.6. The molecule has 1 heterocycles. The van der Waals surface area contributed by atoms with Crippen molar-refractivity contribution in [1.82, 2.24) is 0 Å². The van der Waals surface area contributed by atoms with Gasteiger partial charge in [0, 0.05) is 11.8 Å². The van der Waals surface area contributed by atoms with Crippen molar-refractivity contribution in [1.29, 1.82) is 0 Å². The maximum Gasteiger partial charge on any atom is 0.426 e. The second-order valence-corrected chi connectivity index (χ2v) is 11.6. The van der Waals surface area contributed by atoms with Crippen molar-refractivity contribution < 1.29 is 54.7 Å². The highest BCUT2D eigenvalue weighted by Gasteiger charge is 2.70. The van der Waals surface area contributed by atoms with E-state index < -0.39 is 86.3 Å². The summed E-state index contributed by atoms with van der Waals surface area (Å²) in [5.74, 6) is -8.33. The fourth-order valence-corrected chi connectivity index (χ4v) is 5.06. The number of rotatable bonds is 6. The van der Waals surface area contributed by atoms with E-state index >= 15 is 0 Å². The van der Waals surface area contributed by atoms with E-state index in [1.54, 1.807) is 0 Å². The van der Waals surface area contributed by atoms with Crippen LogP contribution < -0.4 is 0 Å². The number of ether oxygens (including phenoxy) is 3. The standard InChI is InChI=1S/C16H18BrF3O9S/c1-15(2,17)14(23)29-11-6-3-5-9(11)13(22)28-10(5)8(6)12(21)27-7(16(18,19)20)4-30(24,25)26/h5-11H,3-4H2,1-2H3,(H,24,25,26). The summed E-state index contributed by atoms with van der Waals surface area (Å²) in [7, 11) is -5.11. The normalized spacial score (nSPS) is 33.9. The van der Waals surface area contributed by atoms with Gasteiger partial charge in [-0.25, -0.2) is 0 Å².